The number of nitrogens with zero attached hydrogens (tertiary/aromatic N) is 1. The van der Waals surface area contributed by atoms with Crippen LogP contribution in [0, 0.1) is 5.92 Å². The Hall–Kier alpha value is -0.0100. The second kappa shape index (κ2) is 4.03. The predicted molar refractivity (Wildman–Crippen MR) is 64.1 cm³/mol. The van der Waals surface area contributed by atoms with Crippen molar-refractivity contribution in [2.45, 2.75) is 25.0 Å². The van der Waals surface area contributed by atoms with Gasteiger partial charge >= 0.3 is 0 Å². The summed E-state index contributed by atoms with van der Waals surface area (Å²) in [6, 6.07) is 0. The summed E-state index contributed by atoms with van der Waals surface area (Å²) >= 11 is 5.04. The highest BCUT2D eigenvalue weighted by Gasteiger charge is 2.51. The van der Waals surface area contributed by atoms with Crippen LogP contribution in [-0.4, -0.2) is 24.3 Å². The van der Waals surface area contributed by atoms with Crippen molar-refractivity contribution >= 4 is 27.3 Å². The largest absolute Gasteiger partial charge is 0.376 e. The second-order valence-corrected chi connectivity index (χ2v) is 6.08. The minimum atomic E-state index is -0.233. The van der Waals surface area contributed by atoms with Crippen LogP contribution < -0.4 is 5.48 Å². The molecule has 2 aliphatic rings. The molecule has 6 heteroatoms. The van der Waals surface area contributed by atoms with E-state index in [9.17, 15) is 0 Å². The van der Waals surface area contributed by atoms with Gasteiger partial charge in [0.25, 0.3) is 0 Å². The molecule has 0 spiro atoms. The molecule has 3 rings (SSSR count). The van der Waals surface area contributed by atoms with E-state index in [1.54, 1.807) is 11.3 Å². The van der Waals surface area contributed by atoms with E-state index in [4.69, 9.17) is 9.57 Å². The van der Waals surface area contributed by atoms with E-state index >= 15 is 0 Å². The van der Waals surface area contributed by atoms with Gasteiger partial charge in [0.15, 0.2) is 0 Å². The normalized spacial score (nSPS) is 38.6. The molecular formula is C10H13BrN2O2S. The molecule has 0 radical (unpaired) electrons. The predicted octanol–water partition coefficient (Wildman–Crippen LogP) is 2.06. The summed E-state index contributed by atoms with van der Waals surface area (Å²) in [6.45, 7) is 3.49. The van der Waals surface area contributed by atoms with E-state index < -0.39 is 0 Å². The summed E-state index contributed by atoms with van der Waals surface area (Å²) in [7, 11) is 0. The maximum absolute atomic E-state index is 5.77. The lowest BCUT2D eigenvalue weighted by atomic mass is 9.81. The van der Waals surface area contributed by atoms with Crippen molar-refractivity contribution in [2.24, 2.45) is 5.92 Å². The molecule has 16 heavy (non-hydrogen) atoms. The molecule has 4 nitrogen and oxygen atoms in total. The first-order chi connectivity index (χ1) is 7.71. The third-order valence-corrected chi connectivity index (χ3v) is 5.03. The molecule has 1 aromatic heterocycles. The van der Waals surface area contributed by atoms with E-state index in [2.05, 4.69) is 33.3 Å². The monoisotopic (exact) mass is 304 g/mol. The number of thiazole rings is 1. The number of nitrogens with one attached hydrogen (secondary N) is 1. The molecule has 3 heterocycles. The van der Waals surface area contributed by atoms with E-state index in [-0.39, 0.29) is 5.54 Å². The van der Waals surface area contributed by atoms with Crippen LogP contribution in [0.2, 0.25) is 0 Å². The third-order valence-electron chi connectivity index (χ3n) is 3.31. The summed E-state index contributed by atoms with van der Waals surface area (Å²) in [5, 5.41) is 3.05. The Kier molecular flexibility index (Phi) is 2.79. The zero-order valence-electron chi connectivity index (χ0n) is 8.90. The third kappa shape index (κ3) is 1.64. The number of ether oxygens (including phenoxy) is 1. The number of hydrogen-bond donors (Lipinski definition) is 1. The van der Waals surface area contributed by atoms with Crippen molar-refractivity contribution in [2.75, 3.05) is 13.2 Å². The average Bonchev–Trinajstić information content (AvgIpc) is 2.84. The number of aromatic nitrogens is 1. The zero-order chi connectivity index (χ0) is 11.2. The lowest BCUT2D eigenvalue weighted by Crippen LogP contribution is -2.50. The summed E-state index contributed by atoms with van der Waals surface area (Å²) in [5.41, 5.74) is 2.89. The van der Waals surface area contributed by atoms with Crippen molar-refractivity contribution in [3.8, 4) is 0 Å². The molecule has 0 bridgehead atoms. The van der Waals surface area contributed by atoms with Gasteiger partial charge in [0.05, 0.1) is 19.3 Å². The zero-order valence-corrected chi connectivity index (χ0v) is 11.3. The molecule has 2 fully saturated rings. The highest BCUT2D eigenvalue weighted by atomic mass is 79.9. The van der Waals surface area contributed by atoms with Gasteiger partial charge in [-0.2, -0.15) is 5.48 Å². The quantitative estimate of drug-likeness (QED) is 0.862. The number of hydrogen-bond acceptors (Lipinski definition) is 5. The first-order valence-electron chi connectivity index (χ1n) is 5.33. The van der Waals surface area contributed by atoms with Gasteiger partial charge in [-0.3, -0.25) is 0 Å². The van der Waals surface area contributed by atoms with Gasteiger partial charge in [0.1, 0.15) is 15.1 Å². The van der Waals surface area contributed by atoms with Crippen LogP contribution >= 0.6 is 27.3 Å². The molecule has 2 unspecified atom stereocenters. The lowest BCUT2D eigenvalue weighted by Gasteiger charge is -2.38. The van der Waals surface area contributed by atoms with Crippen LogP contribution in [0.1, 0.15) is 18.4 Å². The Morgan fingerprint density at radius 1 is 1.69 bits per heavy atom. The summed E-state index contributed by atoms with van der Waals surface area (Å²) in [4.78, 5) is 9.93. The number of halogens is 1. The van der Waals surface area contributed by atoms with Crippen LogP contribution in [-0.2, 0) is 15.1 Å². The van der Waals surface area contributed by atoms with Gasteiger partial charge in [-0.05, 0) is 29.3 Å². The van der Waals surface area contributed by atoms with Gasteiger partial charge in [-0.15, -0.1) is 11.3 Å². The van der Waals surface area contributed by atoms with Crippen LogP contribution in [0.5, 0.6) is 0 Å². The van der Waals surface area contributed by atoms with Crippen LogP contribution in [0.3, 0.4) is 0 Å². The topological polar surface area (TPSA) is 43.4 Å². The molecule has 2 saturated heterocycles. The average molecular weight is 305 g/mol. The van der Waals surface area contributed by atoms with Gasteiger partial charge in [-0.1, -0.05) is 0 Å². The second-order valence-electron chi connectivity index (χ2n) is 4.41. The molecule has 1 N–H and O–H groups in total. The van der Waals surface area contributed by atoms with Gasteiger partial charge in [0.2, 0.25) is 0 Å². The van der Waals surface area contributed by atoms with E-state index in [0.29, 0.717) is 18.6 Å². The lowest BCUT2D eigenvalue weighted by molar-refractivity contribution is -0.0603. The molecule has 1 aromatic rings. The molecular weight excluding hydrogens is 292 g/mol. The Morgan fingerprint density at radius 3 is 3.31 bits per heavy atom. The standard InChI is InChI=1S/C10H13BrN2O2S/c1-6-2-7-3-15-13-10(7,5-14-6)9-12-8(11)4-16-9/h4,6-7,13H,2-3,5H2,1H3/t6-,7?,10?/m0/s1. The van der Waals surface area contributed by atoms with Crippen LogP contribution in [0.15, 0.2) is 9.98 Å². The first kappa shape index (κ1) is 11.1. The fourth-order valence-electron chi connectivity index (χ4n) is 2.39. The molecule has 0 aliphatic carbocycles. The SMILES string of the molecule is C[C@H]1CC2CONC2(c2nc(Br)cs2)CO1. The summed E-state index contributed by atoms with van der Waals surface area (Å²) < 4.78 is 6.65. The van der Waals surface area contributed by atoms with E-state index in [1.165, 1.54) is 0 Å². The molecule has 0 amide bonds. The minimum Gasteiger partial charge on any atom is -0.376 e. The molecule has 0 aromatic carbocycles. The van der Waals surface area contributed by atoms with Crippen molar-refractivity contribution in [3.05, 3.63) is 15.0 Å². The van der Waals surface area contributed by atoms with Crippen LogP contribution in [0.4, 0.5) is 0 Å². The summed E-state index contributed by atoms with van der Waals surface area (Å²) in [5.74, 6) is 0.453. The van der Waals surface area contributed by atoms with Gasteiger partial charge < -0.3 is 9.57 Å². The fourth-order valence-corrected chi connectivity index (χ4v) is 3.86. The summed E-state index contributed by atoms with van der Waals surface area (Å²) in [6.07, 6.45) is 1.33. The maximum Gasteiger partial charge on any atom is 0.123 e. The van der Waals surface area contributed by atoms with E-state index in [0.717, 1.165) is 22.6 Å². The van der Waals surface area contributed by atoms with Crippen molar-refractivity contribution in [1.82, 2.24) is 10.5 Å². The van der Waals surface area contributed by atoms with Crippen LogP contribution in [0.25, 0.3) is 0 Å². The Bertz CT molecular complexity index is 400. The molecule has 0 saturated carbocycles. The first-order valence-corrected chi connectivity index (χ1v) is 7.00. The Balaban J connectivity index is 1.96. The fraction of sp³-hybridized carbons (Fsp3) is 0.700. The van der Waals surface area contributed by atoms with Gasteiger partial charge in [0, 0.05) is 11.3 Å². The van der Waals surface area contributed by atoms with Crippen molar-refractivity contribution < 1.29 is 9.57 Å². The Morgan fingerprint density at radius 2 is 2.56 bits per heavy atom. The maximum atomic E-state index is 5.77. The highest BCUT2D eigenvalue weighted by molar-refractivity contribution is 9.10. The Labute approximate surface area is 106 Å². The van der Waals surface area contributed by atoms with Crippen molar-refractivity contribution in [1.29, 1.82) is 0 Å². The number of fused-ring (bicyclic) bond motifs is 1. The van der Waals surface area contributed by atoms with Gasteiger partial charge in [-0.25, -0.2) is 4.98 Å². The molecule has 3 atom stereocenters. The minimum absolute atomic E-state index is 0.233. The number of rotatable bonds is 1. The smallest absolute Gasteiger partial charge is 0.123 e. The van der Waals surface area contributed by atoms with Crippen molar-refractivity contribution in [3.63, 3.8) is 0 Å². The number of hydroxylamine groups is 1. The molecule has 2 aliphatic heterocycles. The molecule has 88 valence electrons. The van der Waals surface area contributed by atoms with E-state index in [1.807, 2.05) is 5.38 Å². The highest BCUT2D eigenvalue weighted by Crippen LogP contribution is 2.42.